The van der Waals surface area contributed by atoms with Gasteiger partial charge >= 0.3 is 6.18 Å². The van der Waals surface area contributed by atoms with Crippen LogP contribution in [0.25, 0.3) is 0 Å². The minimum atomic E-state index is -4.54. The number of nitrogens with one attached hydrogen (secondary N) is 2. The van der Waals surface area contributed by atoms with Crippen molar-refractivity contribution in [2.75, 3.05) is 5.32 Å². The van der Waals surface area contributed by atoms with Crippen molar-refractivity contribution in [1.82, 2.24) is 5.32 Å². The monoisotopic (exact) mass is 519 g/mol. The first-order chi connectivity index (χ1) is 18.1. The van der Waals surface area contributed by atoms with Crippen LogP contribution in [-0.2, 0) is 6.18 Å². The van der Waals surface area contributed by atoms with E-state index < -0.39 is 17.6 Å². The summed E-state index contributed by atoms with van der Waals surface area (Å²) >= 11 is 0. The minimum Gasteiger partial charge on any atom is -0.508 e. The van der Waals surface area contributed by atoms with Gasteiger partial charge in [-0.15, -0.1) is 0 Å². The molecule has 0 aromatic heterocycles. The van der Waals surface area contributed by atoms with Crippen LogP contribution in [0.4, 0.5) is 18.9 Å². The number of rotatable bonds is 9. The van der Waals surface area contributed by atoms with Crippen molar-refractivity contribution in [3.63, 3.8) is 0 Å². The highest BCUT2D eigenvalue weighted by Gasteiger charge is 2.30. The van der Waals surface area contributed by atoms with Crippen LogP contribution in [0.5, 0.6) is 5.75 Å². The third kappa shape index (κ3) is 7.70. The van der Waals surface area contributed by atoms with Gasteiger partial charge in [-0.05, 0) is 74.0 Å². The zero-order valence-electron chi connectivity index (χ0n) is 21.0. The maximum Gasteiger partial charge on any atom is 0.416 e. The van der Waals surface area contributed by atoms with Crippen LogP contribution in [0, 0.1) is 0 Å². The molecule has 3 rings (SSSR count). The number of hydrogen-bond donors (Lipinski definition) is 3. The van der Waals surface area contributed by atoms with Gasteiger partial charge in [-0.1, -0.05) is 49.1 Å². The molecule has 3 aromatic carbocycles. The number of phenols is 1. The number of allylic oxidation sites excluding steroid dienone is 4. The maximum absolute atomic E-state index is 13.0. The van der Waals surface area contributed by atoms with Crippen LogP contribution in [0.15, 0.2) is 114 Å². The number of anilines is 1. The fraction of sp³-hybridized carbons (Fsp3) is 0.133. The van der Waals surface area contributed by atoms with E-state index in [9.17, 15) is 23.1 Å². The molecule has 196 valence electrons. The van der Waals surface area contributed by atoms with Crippen molar-refractivity contribution >= 4 is 17.3 Å². The number of carbonyl (C=O) groups is 1. The molecule has 0 unspecified atom stereocenters. The molecule has 0 radical (unpaired) electrons. The molecule has 0 aliphatic carbocycles. The van der Waals surface area contributed by atoms with E-state index in [0.717, 1.165) is 23.3 Å². The Morgan fingerprint density at radius 1 is 1.03 bits per heavy atom. The minimum absolute atomic E-state index is 0.0889. The van der Waals surface area contributed by atoms with Gasteiger partial charge < -0.3 is 15.7 Å². The number of nitrogens with zero attached hydrogens (tertiary/aromatic N) is 1. The molecule has 0 aliphatic rings. The van der Waals surface area contributed by atoms with Crippen molar-refractivity contribution in [3.05, 3.63) is 132 Å². The van der Waals surface area contributed by atoms with E-state index in [2.05, 4.69) is 17.2 Å². The van der Waals surface area contributed by atoms with E-state index >= 15 is 0 Å². The molecular weight excluding hydrogens is 491 g/mol. The molecule has 3 N–H and O–H groups in total. The summed E-state index contributed by atoms with van der Waals surface area (Å²) in [4.78, 5) is 17.3. The number of carbonyl (C=O) groups excluding carboxylic acids is 1. The first-order valence-corrected chi connectivity index (χ1v) is 11.8. The van der Waals surface area contributed by atoms with E-state index in [1.807, 2.05) is 26.0 Å². The van der Waals surface area contributed by atoms with Gasteiger partial charge in [0.25, 0.3) is 5.91 Å². The molecule has 0 aliphatic heterocycles. The number of alkyl halides is 3. The average molecular weight is 520 g/mol. The van der Waals surface area contributed by atoms with Crippen molar-refractivity contribution in [1.29, 1.82) is 0 Å². The Kier molecular flexibility index (Phi) is 9.27. The summed E-state index contributed by atoms with van der Waals surface area (Å²) in [5, 5.41) is 15.9. The van der Waals surface area contributed by atoms with Crippen LogP contribution < -0.4 is 10.6 Å². The van der Waals surface area contributed by atoms with Gasteiger partial charge in [-0.25, -0.2) is 4.99 Å². The summed E-state index contributed by atoms with van der Waals surface area (Å²) in [6, 6.07) is 17.8. The Hall–Kier alpha value is -4.59. The molecule has 3 aromatic rings. The molecule has 5 nitrogen and oxygen atoms in total. The van der Waals surface area contributed by atoms with Gasteiger partial charge in [0.1, 0.15) is 11.6 Å². The van der Waals surface area contributed by atoms with Crippen molar-refractivity contribution in [2.45, 2.75) is 26.1 Å². The largest absolute Gasteiger partial charge is 0.508 e. The van der Waals surface area contributed by atoms with Crippen molar-refractivity contribution in [3.8, 4) is 5.75 Å². The van der Waals surface area contributed by atoms with E-state index in [0.29, 0.717) is 17.2 Å². The number of benzene rings is 3. The second kappa shape index (κ2) is 12.6. The molecular formula is C30H28F3N3O2. The zero-order chi connectivity index (χ0) is 27.7. The first kappa shape index (κ1) is 28.0. The molecule has 0 fully saturated rings. The van der Waals surface area contributed by atoms with Gasteiger partial charge in [0.2, 0.25) is 0 Å². The molecule has 0 bridgehead atoms. The van der Waals surface area contributed by atoms with Gasteiger partial charge in [0, 0.05) is 16.8 Å². The Morgan fingerprint density at radius 2 is 1.74 bits per heavy atom. The second-order valence-corrected chi connectivity index (χ2v) is 8.34. The predicted octanol–water partition coefficient (Wildman–Crippen LogP) is 7.41. The lowest BCUT2D eigenvalue weighted by Crippen LogP contribution is -2.19. The lowest BCUT2D eigenvalue weighted by Gasteiger charge is -2.18. The summed E-state index contributed by atoms with van der Waals surface area (Å²) < 4.78 is 39.0. The zero-order valence-corrected chi connectivity index (χ0v) is 21.0. The quantitative estimate of drug-likeness (QED) is 0.204. The highest BCUT2D eigenvalue weighted by molar-refractivity contribution is 6.09. The fourth-order valence-electron chi connectivity index (χ4n) is 3.56. The maximum atomic E-state index is 13.0. The molecule has 1 amide bonds. The molecule has 1 atom stereocenters. The standard InChI is InChI=1S/C30H28F3N3O2/c1-4-6-16-27(22-11-9-15-26(37)19-22)36-28(5-2)34-20(3)21-10-8-14-25(18-21)35-29(38)23-12-7-13-24(17-23)30(31,32)33/h4-20,34,37H,1H2,2-3H3,(H,35,38)/b16-6+,28-5-,36-27+/t20-/m0/s1. The number of hydrogen-bond acceptors (Lipinski definition) is 4. The third-order valence-corrected chi connectivity index (χ3v) is 5.51. The Labute approximate surface area is 219 Å². The van der Waals surface area contributed by atoms with Crippen LogP contribution in [0.1, 0.15) is 46.9 Å². The Balaban J connectivity index is 1.78. The molecule has 0 saturated heterocycles. The lowest BCUT2D eigenvalue weighted by atomic mass is 10.1. The highest BCUT2D eigenvalue weighted by Crippen LogP contribution is 2.30. The number of aliphatic imine (C=N–C) groups is 1. The van der Waals surface area contributed by atoms with Crippen LogP contribution in [0.3, 0.4) is 0 Å². The smallest absolute Gasteiger partial charge is 0.416 e. The van der Waals surface area contributed by atoms with Crippen molar-refractivity contribution < 1.29 is 23.1 Å². The average Bonchev–Trinajstić information content (AvgIpc) is 2.90. The summed E-state index contributed by atoms with van der Waals surface area (Å²) in [5.41, 5.74) is 1.62. The van der Waals surface area contributed by atoms with Crippen molar-refractivity contribution in [2.24, 2.45) is 4.99 Å². The lowest BCUT2D eigenvalue weighted by molar-refractivity contribution is -0.137. The fourth-order valence-corrected chi connectivity index (χ4v) is 3.56. The van der Waals surface area contributed by atoms with E-state index in [1.54, 1.807) is 60.7 Å². The third-order valence-electron chi connectivity index (χ3n) is 5.51. The van der Waals surface area contributed by atoms with E-state index in [4.69, 9.17) is 4.99 Å². The van der Waals surface area contributed by atoms with Crippen LogP contribution >= 0.6 is 0 Å². The number of amides is 1. The highest BCUT2D eigenvalue weighted by atomic mass is 19.4. The van der Waals surface area contributed by atoms with Crippen LogP contribution in [-0.4, -0.2) is 16.7 Å². The van der Waals surface area contributed by atoms with Gasteiger partial charge in [-0.3, -0.25) is 4.79 Å². The van der Waals surface area contributed by atoms with Gasteiger partial charge in [0.05, 0.1) is 17.3 Å². The van der Waals surface area contributed by atoms with E-state index in [-0.39, 0.29) is 17.4 Å². The molecule has 8 heteroatoms. The second-order valence-electron chi connectivity index (χ2n) is 8.34. The topological polar surface area (TPSA) is 73.7 Å². The first-order valence-electron chi connectivity index (χ1n) is 11.8. The summed E-state index contributed by atoms with van der Waals surface area (Å²) in [7, 11) is 0. The van der Waals surface area contributed by atoms with Gasteiger partial charge in [-0.2, -0.15) is 13.2 Å². The number of phenolic OH excluding ortho intramolecular Hbond substituents is 1. The summed E-state index contributed by atoms with van der Waals surface area (Å²) in [5.74, 6) is 0.0508. The SMILES string of the molecule is C=C/C=C/C(=N\C(=C/C)N[C@@H](C)c1cccc(NC(=O)c2cccc(C(F)(F)F)c2)c1)c1cccc(O)c1. The van der Waals surface area contributed by atoms with Gasteiger partial charge in [0.15, 0.2) is 0 Å². The molecule has 38 heavy (non-hydrogen) atoms. The van der Waals surface area contributed by atoms with Crippen LogP contribution in [0.2, 0.25) is 0 Å². The molecule has 0 spiro atoms. The predicted molar refractivity (Wildman–Crippen MR) is 145 cm³/mol. The summed E-state index contributed by atoms with van der Waals surface area (Å²) in [6.45, 7) is 7.44. The normalized spacial score (nSPS) is 13.3. The number of halogens is 3. The Morgan fingerprint density at radius 3 is 2.42 bits per heavy atom. The summed E-state index contributed by atoms with van der Waals surface area (Å²) in [6.07, 6.45) is 2.42. The number of aromatic hydroxyl groups is 1. The molecule has 0 saturated carbocycles. The Bertz CT molecular complexity index is 1390. The van der Waals surface area contributed by atoms with E-state index in [1.165, 1.54) is 12.1 Å². The molecule has 0 heterocycles.